The molecule has 0 aromatic heterocycles. The number of carbonyl (C=O) groups excluding carboxylic acids is 1. The van der Waals surface area contributed by atoms with Gasteiger partial charge in [-0.2, -0.15) is 0 Å². The van der Waals surface area contributed by atoms with Crippen molar-refractivity contribution in [3.8, 4) is 0 Å². The Bertz CT molecular complexity index is 425. The van der Waals surface area contributed by atoms with Crippen LogP contribution < -0.4 is 0 Å². The maximum Gasteiger partial charge on any atom is 0.162 e. The lowest BCUT2D eigenvalue weighted by atomic mass is 9.80. The van der Waals surface area contributed by atoms with E-state index in [4.69, 9.17) is 4.74 Å². The number of ether oxygens (including phenoxy) is 1. The molecule has 1 aliphatic heterocycles. The quantitative estimate of drug-likeness (QED) is 0.743. The topological polar surface area (TPSA) is 26.3 Å². The number of carbonyl (C=O) groups is 1. The smallest absolute Gasteiger partial charge is 0.162 e. The lowest BCUT2D eigenvalue weighted by Crippen LogP contribution is -2.10. The molecule has 1 aromatic rings. The van der Waals surface area contributed by atoms with Crippen molar-refractivity contribution < 1.29 is 9.53 Å². The summed E-state index contributed by atoms with van der Waals surface area (Å²) in [6.07, 6.45) is 8.06. The second-order valence-electron chi connectivity index (χ2n) is 5.85. The molecule has 0 spiro atoms. The summed E-state index contributed by atoms with van der Waals surface area (Å²) in [6, 6.07) is 8.29. The van der Waals surface area contributed by atoms with Crippen LogP contribution in [0.1, 0.15) is 66.8 Å². The van der Waals surface area contributed by atoms with Crippen molar-refractivity contribution in [2.24, 2.45) is 0 Å². The van der Waals surface area contributed by atoms with Crippen molar-refractivity contribution in [3.63, 3.8) is 0 Å². The van der Waals surface area contributed by atoms with Crippen LogP contribution in [0.5, 0.6) is 0 Å². The number of hydrogen-bond donors (Lipinski definition) is 0. The first-order valence-electron chi connectivity index (χ1n) is 7.58. The highest BCUT2D eigenvalue weighted by Gasteiger charge is 2.20. The minimum Gasteiger partial charge on any atom is -0.378 e. The van der Waals surface area contributed by atoms with Gasteiger partial charge in [-0.05, 0) is 43.6 Å². The van der Waals surface area contributed by atoms with Crippen molar-refractivity contribution in [1.82, 2.24) is 0 Å². The molecule has 1 atom stereocenters. The molecule has 2 nitrogen and oxygen atoms in total. The summed E-state index contributed by atoms with van der Waals surface area (Å²) < 4.78 is 5.56. The summed E-state index contributed by atoms with van der Waals surface area (Å²) >= 11 is 0. The molecule has 1 saturated heterocycles. The Morgan fingerprint density at radius 2 is 1.89 bits per heavy atom. The van der Waals surface area contributed by atoms with E-state index < -0.39 is 0 Å². The van der Waals surface area contributed by atoms with Gasteiger partial charge in [0.1, 0.15) is 0 Å². The normalized spacial score (nSPS) is 23.3. The van der Waals surface area contributed by atoms with Crippen LogP contribution in [0, 0.1) is 0 Å². The molecule has 0 N–H and O–H groups in total. The van der Waals surface area contributed by atoms with Gasteiger partial charge in [0.25, 0.3) is 0 Å². The van der Waals surface area contributed by atoms with Crippen LogP contribution >= 0.6 is 0 Å². The van der Waals surface area contributed by atoms with Gasteiger partial charge in [-0.15, -0.1) is 0 Å². The van der Waals surface area contributed by atoms with Gasteiger partial charge in [0.2, 0.25) is 0 Å². The SMILES string of the molecule is O=C(CCC1CCCO1)c1ccc(C2CCC2)cc1. The summed E-state index contributed by atoms with van der Waals surface area (Å²) in [6.45, 7) is 0.870. The van der Waals surface area contributed by atoms with Gasteiger partial charge in [-0.25, -0.2) is 0 Å². The van der Waals surface area contributed by atoms with Crippen molar-refractivity contribution in [1.29, 1.82) is 0 Å². The molecule has 1 unspecified atom stereocenters. The maximum atomic E-state index is 12.1. The molecule has 19 heavy (non-hydrogen) atoms. The fourth-order valence-electron chi connectivity index (χ4n) is 2.99. The minimum atomic E-state index is 0.260. The predicted octanol–water partition coefficient (Wildman–Crippen LogP) is 4.10. The third-order valence-corrected chi connectivity index (χ3v) is 4.53. The highest BCUT2D eigenvalue weighted by atomic mass is 16.5. The van der Waals surface area contributed by atoms with E-state index in [1.807, 2.05) is 12.1 Å². The number of ketones is 1. The fraction of sp³-hybridized carbons (Fsp3) is 0.588. The molecule has 1 aromatic carbocycles. The van der Waals surface area contributed by atoms with Gasteiger partial charge in [0.15, 0.2) is 5.78 Å². The lowest BCUT2D eigenvalue weighted by molar-refractivity contribution is 0.0859. The minimum absolute atomic E-state index is 0.260. The average Bonchev–Trinajstić information content (AvgIpc) is 2.88. The first-order chi connectivity index (χ1) is 9.33. The Hall–Kier alpha value is -1.15. The van der Waals surface area contributed by atoms with Gasteiger partial charge in [-0.1, -0.05) is 30.7 Å². The van der Waals surface area contributed by atoms with Gasteiger partial charge in [0, 0.05) is 18.6 Å². The fourth-order valence-corrected chi connectivity index (χ4v) is 2.99. The molecule has 2 fully saturated rings. The molecular formula is C17H22O2. The highest BCUT2D eigenvalue weighted by Crippen LogP contribution is 2.36. The molecule has 1 heterocycles. The van der Waals surface area contributed by atoms with E-state index in [-0.39, 0.29) is 5.78 Å². The zero-order valence-corrected chi connectivity index (χ0v) is 11.4. The van der Waals surface area contributed by atoms with Gasteiger partial charge < -0.3 is 4.74 Å². The second-order valence-corrected chi connectivity index (χ2v) is 5.85. The van der Waals surface area contributed by atoms with E-state index in [1.54, 1.807) is 0 Å². The van der Waals surface area contributed by atoms with Gasteiger partial charge >= 0.3 is 0 Å². The number of rotatable bonds is 5. The van der Waals surface area contributed by atoms with E-state index in [1.165, 1.54) is 24.8 Å². The monoisotopic (exact) mass is 258 g/mol. The van der Waals surface area contributed by atoms with E-state index in [0.29, 0.717) is 12.5 Å². The summed E-state index contributed by atoms with van der Waals surface area (Å²) in [4.78, 5) is 12.1. The van der Waals surface area contributed by atoms with Gasteiger partial charge in [-0.3, -0.25) is 4.79 Å². The average molecular weight is 258 g/mol. The Morgan fingerprint density at radius 3 is 2.47 bits per heavy atom. The van der Waals surface area contributed by atoms with Crippen LogP contribution in [-0.2, 0) is 4.74 Å². The Kier molecular flexibility index (Phi) is 3.97. The van der Waals surface area contributed by atoms with Crippen LogP contribution in [0.2, 0.25) is 0 Å². The van der Waals surface area contributed by atoms with Crippen LogP contribution in [0.15, 0.2) is 24.3 Å². The maximum absolute atomic E-state index is 12.1. The van der Waals surface area contributed by atoms with Gasteiger partial charge in [0.05, 0.1) is 6.10 Å². The number of benzene rings is 1. The summed E-state index contributed by atoms with van der Waals surface area (Å²) in [5.41, 5.74) is 2.27. The molecule has 0 radical (unpaired) electrons. The van der Waals surface area contributed by atoms with Crippen molar-refractivity contribution >= 4 is 5.78 Å². The first kappa shape index (κ1) is 12.9. The summed E-state index contributed by atoms with van der Waals surface area (Å²) in [7, 11) is 0. The predicted molar refractivity (Wildman–Crippen MR) is 75.6 cm³/mol. The third kappa shape index (κ3) is 3.06. The highest BCUT2D eigenvalue weighted by molar-refractivity contribution is 5.96. The Labute approximate surface area is 115 Å². The lowest BCUT2D eigenvalue weighted by Gasteiger charge is -2.25. The van der Waals surface area contributed by atoms with Crippen molar-refractivity contribution in [2.45, 2.75) is 57.0 Å². The summed E-state index contributed by atoms with van der Waals surface area (Å²) in [5.74, 6) is 1.01. The molecule has 0 bridgehead atoms. The molecule has 3 rings (SSSR count). The van der Waals surface area contributed by atoms with Crippen LogP contribution in [0.3, 0.4) is 0 Å². The van der Waals surface area contributed by atoms with E-state index in [9.17, 15) is 4.79 Å². The summed E-state index contributed by atoms with van der Waals surface area (Å²) in [5, 5.41) is 0. The number of hydrogen-bond acceptors (Lipinski definition) is 2. The van der Waals surface area contributed by atoms with E-state index in [2.05, 4.69) is 12.1 Å². The standard InChI is InChI=1S/C17H22O2/c18-17(11-10-16-5-2-12-19-16)15-8-6-14(7-9-15)13-3-1-4-13/h6-9,13,16H,1-5,10-12H2. The van der Waals surface area contributed by atoms with Crippen LogP contribution in [0.25, 0.3) is 0 Å². The molecule has 2 heteroatoms. The largest absolute Gasteiger partial charge is 0.378 e. The second kappa shape index (κ2) is 5.87. The van der Waals surface area contributed by atoms with Crippen molar-refractivity contribution in [2.75, 3.05) is 6.61 Å². The Balaban J connectivity index is 1.53. The zero-order chi connectivity index (χ0) is 13.1. The molecule has 1 saturated carbocycles. The van der Waals surface area contributed by atoms with E-state index >= 15 is 0 Å². The first-order valence-corrected chi connectivity index (χ1v) is 7.58. The molecule has 1 aliphatic carbocycles. The third-order valence-electron chi connectivity index (χ3n) is 4.53. The molecule has 0 amide bonds. The van der Waals surface area contributed by atoms with Crippen molar-refractivity contribution in [3.05, 3.63) is 35.4 Å². The Morgan fingerprint density at radius 1 is 1.11 bits per heavy atom. The molecular weight excluding hydrogens is 236 g/mol. The van der Waals surface area contributed by atoms with Crippen LogP contribution in [0.4, 0.5) is 0 Å². The number of Topliss-reactive ketones (excluding diaryl/α,β-unsaturated/α-hetero) is 1. The van der Waals surface area contributed by atoms with E-state index in [0.717, 1.165) is 37.4 Å². The molecule has 102 valence electrons. The van der Waals surface area contributed by atoms with Crippen LogP contribution in [-0.4, -0.2) is 18.5 Å². The zero-order valence-electron chi connectivity index (χ0n) is 11.4. The molecule has 2 aliphatic rings.